The summed E-state index contributed by atoms with van der Waals surface area (Å²) in [6, 6.07) is 8.11. The maximum Gasteiger partial charge on any atom is 0.247 e. The fourth-order valence-electron chi connectivity index (χ4n) is 4.54. The normalized spacial score (nSPS) is 21.2. The topological polar surface area (TPSA) is 68.5 Å². The Kier molecular flexibility index (Phi) is 5.72. The second-order valence-corrected chi connectivity index (χ2v) is 9.05. The lowest BCUT2D eigenvalue weighted by Gasteiger charge is -2.36. The van der Waals surface area contributed by atoms with Crippen LogP contribution in [0.4, 0.5) is 0 Å². The largest absolute Gasteiger partial charge is 0.420 e. The number of rotatable bonds is 5. The van der Waals surface area contributed by atoms with Gasteiger partial charge in [-0.3, -0.25) is 4.79 Å². The van der Waals surface area contributed by atoms with E-state index in [1.807, 2.05) is 29.2 Å². The van der Waals surface area contributed by atoms with Crippen LogP contribution in [-0.2, 0) is 9.53 Å². The molecule has 1 amide bonds. The Morgan fingerprint density at radius 1 is 1.21 bits per heavy atom. The summed E-state index contributed by atoms with van der Waals surface area (Å²) in [7, 11) is 0. The summed E-state index contributed by atoms with van der Waals surface area (Å²) in [4.78, 5) is 14.9. The molecule has 1 aromatic heterocycles. The van der Waals surface area contributed by atoms with Crippen LogP contribution in [0, 0.1) is 18.3 Å². The number of aryl methyl sites for hydroxylation is 1. The van der Waals surface area contributed by atoms with E-state index in [4.69, 9.17) is 9.15 Å². The van der Waals surface area contributed by atoms with Crippen molar-refractivity contribution in [1.29, 1.82) is 0 Å². The highest BCUT2D eigenvalue weighted by molar-refractivity contribution is 5.76. The lowest BCUT2D eigenvalue weighted by Crippen LogP contribution is -2.37. The second-order valence-electron chi connectivity index (χ2n) is 9.05. The van der Waals surface area contributed by atoms with Gasteiger partial charge in [0.05, 0.1) is 5.92 Å². The molecule has 2 aromatic rings. The average Bonchev–Trinajstić information content (AvgIpc) is 3.33. The fourth-order valence-corrected chi connectivity index (χ4v) is 4.54. The molecule has 0 saturated carbocycles. The standard InChI is InChI=1S/C23H31N3O3/c1-16(2)4-9-20(27)26-14-19(23(15-26)10-12-28-13-11-23)22-25-24-21(29-22)18-7-5-17(3)6-8-18/h5-8,16,19H,4,9-15H2,1-3H3. The van der Waals surface area contributed by atoms with E-state index in [2.05, 4.69) is 31.0 Å². The van der Waals surface area contributed by atoms with Gasteiger partial charge in [0.1, 0.15) is 0 Å². The number of hydrogen-bond donors (Lipinski definition) is 0. The molecule has 0 aliphatic carbocycles. The van der Waals surface area contributed by atoms with Gasteiger partial charge in [0.25, 0.3) is 0 Å². The number of benzene rings is 1. The molecule has 0 N–H and O–H groups in total. The van der Waals surface area contributed by atoms with Crippen molar-refractivity contribution >= 4 is 5.91 Å². The Bertz CT molecular complexity index is 837. The summed E-state index contributed by atoms with van der Waals surface area (Å²) < 4.78 is 11.8. The van der Waals surface area contributed by atoms with Crippen LogP contribution in [-0.4, -0.2) is 47.3 Å². The smallest absolute Gasteiger partial charge is 0.247 e. The number of aromatic nitrogens is 2. The summed E-state index contributed by atoms with van der Waals surface area (Å²) >= 11 is 0. The quantitative estimate of drug-likeness (QED) is 0.756. The molecule has 156 valence electrons. The summed E-state index contributed by atoms with van der Waals surface area (Å²) in [6.07, 6.45) is 3.38. The van der Waals surface area contributed by atoms with Crippen molar-refractivity contribution in [2.75, 3.05) is 26.3 Å². The Labute approximate surface area is 172 Å². The van der Waals surface area contributed by atoms with Crippen molar-refractivity contribution in [1.82, 2.24) is 15.1 Å². The highest BCUT2D eigenvalue weighted by Gasteiger charge is 2.51. The van der Waals surface area contributed by atoms with Crippen molar-refractivity contribution in [3.8, 4) is 11.5 Å². The summed E-state index contributed by atoms with van der Waals surface area (Å²) in [5.41, 5.74) is 2.10. The molecule has 0 bridgehead atoms. The lowest BCUT2D eigenvalue weighted by atomic mass is 9.72. The zero-order chi connectivity index (χ0) is 20.4. The molecule has 6 nitrogen and oxygen atoms in total. The van der Waals surface area contributed by atoms with Crippen molar-refractivity contribution in [3.05, 3.63) is 35.7 Å². The van der Waals surface area contributed by atoms with Crippen LogP contribution in [0.1, 0.15) is 56.9 Å². The Balaban J connectivity index is 1.57. The summed E-state index contributed by atoms with van der Waals surface area (Å²) in [5.74, 6) is 2.04. The molecule has 1 spiro atoms. The first-order valence-corrected chi connectivity index (χ1v) is 10.7. The first-order valence-electron chi connectivity index (χ1n) is 10.7. The number of likely N-dealkylation sites (tertiary alicyclic amines) is 1. The SMILES string of the molecule is Cc1ccc(-c2nnc(C3CN(C(=O)CCC(C)C)CC34CCOCC4)o2)cc1. The van der Waals surface area contributed by atoms with E-state index in [0.717, 1.165) is 44.6 Å². The number of nitrogens with zero attached hydrogens (tertiary/aromatic N) is 3. The molecule has 1 aromatic carbocycles. The minimum atomic E-state index is -0.0250. The minimum absolute atomic E-state index is 0.0250. The van der Waals surface area contributed by atoms with Gasteiger partial charge < -0.3 is 14.1 Å². The van der Waals surface area contributed by atoms with E-state index in [1.165, 1.54) is 5.56 Å². The van der Waals surface area contributed by atoms with Crippen LogP contribution in [0.15, 0.2) is 28.7 Å². The molecule has 2 fully saturated rings. The maximum absolute atomic E-state index is 12.8. The van der Waals surface area contributed by atoms with Crippen LogP contribution in [0.3, 0.4) is 0 Å². The van der Waals surface area contributed by atoms with E-state index in [9.17, 15) is 4.79 Å². The molecule has 0 radical (unpaired) electrons. The van der Waals surface area contributed by atoms with Crippen LogP contribution in [0.2, 0.25) is 0 Å². The van der Waals surface area contributed by atoms with Gasteiger partial charge in [-0.25, -0.2) is 0 Å². The average molecular weight is 398 g/mol. The zero-order valence-electron chi connectivity index (χ0n) is 17.7. The zero-order valence-corrected chi connectivity index (χ0v) is 17.7. The van der Waals surface area contributed by atoms with Crippen LogP contribution >= 0.6 is 0 Å². The third kappa shape index (κ3) is 4.22. The Morgan fingerprint density at radius 3 is 2.62 bits per heavy atom. The van der Waals surface area contributed by atoms with E-state index < -0.39 is 0 Å². The first-order chi connectivity index (χ1) is 14.0. The molecule has 29 heavy (non-hydrogen) atoms. The van der Waals surface area contributed by atoms with Crippen molar-refractivity contribution in [2.45, 2.75) is 52.4 Å². The third-order valence-corrected chi connectivity index (χ3v) is 6.46. The number of amides is 1. The Morgan fingerprint density at radius 2 is 1.93 bits per heavy atom. The van der Waals surface area contributed by atoms with Crippen molar-refractivity contribution in [3.63, 3.8) is 0 Å². The Hall–Kier alpha value is -2.21. The second kappa shape index (κ2) is 8.27. The minimum Gasteiger partial charge on any atom is -0.420 e. The fraction of sp³-hybridized carbons (Fsp3) is 0.609. The predicted octanol–water partition coefficient (Wildman–Crippen LogP) is 4.20. The first kappa shape index (κ1) is 20.1. The number of carbonyl (C=O) groups is 1. The van der Waals surface area contributed by atoms with Gasteiger partial charge in [0, 0.05) is 43.7 Å². The monoisotopic (exact) mass is 397 g/mol. The molecule has 2 saturated heterocycles. The molecule has 2 aliphatic heterocycles. The molecule has 2 aliphatic rings. The van der Waals surface area contributed by atoms with Crippen LogP contribution in [0.25, 0.3) is 11.5 Å². The van der Waals surface area contributed by atoms with Crippen LogP contribution < -0.4 is 0 Å². The van der Waals surface area contributed by atoms with Crippen molar-refractivity contribution in [2.24, 2.45) is 11.3 Å². The van der Waals surface area contributed by atoms with Gasteiger partial charge in [-0.15, -0.1) is 10.2 Å². The molecule has 6 heteroatoms. The number of hydrogen-bond acceptors (Lipinski definition) is 5. The highest BCUT2D eigenvalue weighted by atomic mass is 16.5. The van der Waals surface area contributed by atoms with Crippen LogP contribution in [0.5, 0.6) is 0 Å². The van der Waals surface area contributed by atoms with Gasteiger partial charge >= 0.3 is 0 Å². The van der Waals surface area contributed by atoms with Gasteiger partial charge in [-0.1, -0.05) is 31.5 Å². The van der Waals surface area contributed by atoms with Gasteiger partial charge in [0.2, 0.25) is 17.7 Å². The molecule has 1 atom stereocenters. The third-order valence-electron chi connectivity index (χ3n) is 6.46. The van der Waals surface area contributed by atoms with E-state index in [1.54, 1.807) is 0 Å². The van der Waals surface area contributed by atoms with Gasteiger partial charge in [-0.2, -0.15) is 0 Å². The van der Waals surface area contributed by atoms with Gasteiger partial charge in [0.15, 0.2) is 0 Å². The number of carbonyl (C=O) groups excluding carboxylic acids is 1. The van der Waals surface area contributed by atoms with Crippen molar-refractivity contribution < 1.29 is 13.9 Å². The van der Waals surface area contributed by atoms with E-state index >= 15 is 0 Å². The predicted molar refractivity (Wildman–Crippen MR) is 110 cm³/mol. The molecular formula is C23H31N3O3. The molecular weight excluding hydrogens is 366 g/mol. The molecule has 1 unspecified atom stereocenters. The van der Waals surface area contributed by atoms with Gasteiger partial charge in [-0.05, 0) is 44.2 Å². The van der Waals surface area contributed by atoms with E-state index in [0.29, 0.717) is 30.7 Å². The summed E-state index contributed by atoms with van der Waals surface area (Å²) in [5, 5.41) is 8.74. The molecule has 4 rings (SSSR count). The lowest BCUT2D eigenvalue weighted by molar-refractivity contribution is -0.131. The van der Waals surface area contributed by atoms with E-state index in [-0.39, 0.29) is 17.2 Å². The number of ether oxygens (including phenoxy) is 1. The highest BCUT2D eigenvalue weighted by Crippen LogP contribution is 2.49. The maximum atomic E-state index is 12.8. The summed E-state index contributed by atoms with van der Waals surface area (Å²) in [6.45, 7) is 9.25. The molecule has 3 heterocycles.